The van der Waals surface area contributed by atoms with Gasteiger partial charge in [-0.15, -0.1) is 0 Å². The third kappa shape index (κ3) is 6.96. The number of hydrogen-bond acceptors (Lipinski definition) is 6. The molecule has 2 aliphatic carbocycles. The molecule has 0 saturated heterocycles. The number of hydrogen-bond donors (Lipinski definition) is 2. The highest BCUT2D eigenvalue weighted by atomic mass is 35.5. The molecule has 230 valence electrons. The van der Waals surface area contributed by atoms with E-state index < -0.39 is 23.6 Å². The molecular weight excluding hydrogens is 560 g/mol. The van der Waals surface area contributed by atoms with E-state index in [0.717, 1.165) is 24.0 Å². The zero-order valence-electron chi connectivity index (χ0n) is 25.2. The van der Waals surface area contributed by atoms with Crippen molar-refractivity contribution < 1.29 is 33.6 Å². The Balaban J connectivity index is 1.64. The standard InChI is InChI=1S/C32H43ClN2O7/c1-6-40-26-17-25(28(33)29(41-7-2)27(26)23-13-14-23)20(3)35(15-16-42-21(4)22-11-9-8-10-12-22)31(38)34-32(30(36)37)18-24(19-32)39-5/h8-12,17,20-21,23-24H,6-7,13-16,18-19H2,1-5H3,(H,34,38)(H,36,37)/t20?,21-,24?,32?/m0/s1. The fraction of sp³-hybridized carbons (Fsp3) is 0.562. The number of nitrogens with zero attached hydrogens (tertiary/aromatic N) is 1. The molecule has 0 bridgehead atoms. The predicted molar refractivity (Wildman–Crippen MR) is 161 cm³/mol. The van der Waals surface area contributed by atoms with Crippen LogP contribution >= 0.6 is 11.6 Å². The van der Waals surface area contributed by atoms with Crippen LogP contribution in [0.25, 0.3) is 0 Å². The first kappa shape index (κ1) is 31.9. The number of urea groups is 1. The highest BCUT2D eigenvalue weighted by Gasteiger charge is 2.53. The van der Waals surface area contributed by atoms with Crippen LogP contribution in [0.1, 0.15) is 88.1 Å². The van der Waals surface area contributed by atoms with Gasteiger partial charge in [-0.25, -0.2) is 9.59 Å². The van der Waals surface area contributed by atoms with Crippen LogP contribution in [-0.4, -0.2) is 67.1 Å². The topological polar surface area (TPSA) is 107 Å². The van der Waals surface area contributed by atoms with Crippen molar-refractivity contribution in [3.05, 3.63) is 58.1 Å². The van der Waals surface area contributed by atoms with Crippen molar-refractivity contribution in [2.75, 3.05) is 33.5 Å². The van der Waals surface area contributed by atoms with Gasteiger partial charge in [0.05, 0.1) is 43.1 Å². The van der Waals surface area contributed by atoms with E-state index in [0.29, 0.717) is 41.2 Å². The summed E-state index contributed by atoms with van der Waals surface area (Å²) in [6.07, 6.45) is 2.03. The van der Waals surface area contributed by atoms with Gasteiger partial charge in [-0.2, -0.15) is 0 Å². The predicted octanol–water partition coefficient (Wildman–Crippen LogP) is 6.50. The molecule has 0 spiro atoms. The lowest BCUT2D eigenvalue weighted by Gasteiger charge is -2.45. The Morgan fingerprint density at radius 1 is 1.12 bits per heavy atom. The van der Waals surface area contributed by atoms with Gasteiger partial charge in [0.25, 0.3) is 0 Å². The maximum atomic E-state index is 13.9. The lowest BCUT2D eigenvalue weighted by atomic mass is 9.74. The number of aliphatic carboxylic acids is 1. The first-order chi connectivity index (χ1) is 20.2. The van der Waals surface area contributed by atoms with Gasteiger partial charge in [0.15, 0.2) is 0 Å². The van der Waals surface area contributed by atoms with Gasteiger partial charge in [-0.05, 0) is 58.1 Å². The quantitative estimate of drug-likeness (QED) is 0.240. The second-order valence-electron chi connectivity index (χ2n) is 11.0. The van der Waals surface area contributed by atoms with Crippen molar-refractivity contribution in [1.82, 2.24) is 10.2 Å². The third-order valence-electron chi connectivity index (χ3n) is 8.21. The molecule has 2 fully saturated rings. The molecule has 2 aromatic carbocycles. The summed E-state index contributed by atoms with van der Waals surface area (Å²) in [7, 11) is 1.54. The molecule has 2 atom stereocenters. The molecular formula is C32H43ClN2O7. The maximum absolute atomic E-state index is 13.9. The van der Waals surface area contributed by atoms with Crippen LogP contribution in [0.3, 0.4) is 0 Å². The number of amides is 2. The summed E-state index contributed by atoms with van der Waals surface area (Å²) in [5.74, 6) is 0.528. The van der Waals surface area contributed by atoms with Gasteiger partial charge in [-0.3, -0.25) is 0 Å². The number of carbonyl (C=O) groups is 2. The van der Waals surface area contributed by atoms with Crippen molar-refractivity contribution in [2.45, 2.75) is 83.1 Å². The summed E-state index contributed by atoms with van der Waals surface area (Å²) < 4.78 is 23.6. The minimum atomic E-state index is -1.40. The monoisotopic (exact) mass is 602 g/mol. The smallest absolute Gasteiger partial charge is 0.329 e. The Morgan fingerprint density at radius 2 is 1.79 bits per heavy atom. The van der Waals surface area contributed by atoms with E-state index >= 15 is 0 Å². The lowest BCUT2D eigenvalue weighted by Crippen LogP contribution is -2.66. The van der Waals surface area contributed by atoms with E-state index in [1.807, 2.05) is 64.1 Å². The zero-order valence-corrected chi connectivity index (χ0v) is 25.9. The normalized spacial score (nSPS) is 21.1. The Hall–Kier alpha value is -3.01. The van der Waals surface area contributed by atoms with Crippen LogP contribution in [0.4, 0.5) is 4.79 Å². The van der Waals surface area contributed by atoms with Gasteiger partial charge in [0, 0.05) is 37.6 Å². The van der Waals surface area contributed by atoms with Crippen molar-refractivity contribution >= 4 is 23.6 Å². The number of carbonyl (C=O) groups excluding carboxylic acids is 1. The number of nitrogens with one attached hydrogen (secondary N) is 1. The van der Waals surface area contributed by atoms with E-state index in [1.165, 1.54) is 7.11 Å². The number of halogens is 1. The lowest BCUT2D eigenvalue weighted by molar-refractivity contribution is -0.155. The largest absolute Gasteiger partial charge is 0.493 e. The number of carboxylic acids is 1. The van der Waals surface area contributed by atoms with Crippen LogP contribution in [0.15, 0.2) is 36.4 Å². The number of methoxy groups -OCH3 is 1. The Labute approximate surface area is 253 Å². The number of benzene rings is 2. The van der Waals surface area contributed by atoms with Gasteiger partial charge in [0.2, 0.25) is 0 Å². The van der Waals surface area contributed by atoms with E-state index in [4.69, 9.17) is 30.5 Å². The number of carboxylic acid groups (broad SMARTS) is 1. The summed E-state index contributed by atoms with van der Waals surface area (Å²) in [6, 6.07) is 10.7. The van der Waals surface area contributed by atoms with Crippen LogP contribution in [-0.2, 0) is 14.3 Å². The molecule has 2 aromatic rings. The molecule has 0 aromatic heterocycles. The molecule has 0 heterocycles. The molecule has 2 N–H and O–H groups in total. The first-order valence-corrected chi connectivity index (χ1v) is 15.2. The van der Waals surface area contributed by atoms with Crippen molar-refractivity contribution in [3.8, 4) is 11.5 Å². The minimum Gasteiger partial charge on any atom is -0.493 e. The summed E-state index contributed by atoms with van der Waals surface area (Å²) in [6.45, 7) is 8.99. The van der Waals surface area contributed by atoms with E-state index in [2.05, 4.69) is 5.32 Å². The second kappa shape index (κ2) is 14.0. The average molecular weight is 603 g/mol. The van der Waals surface area contributed by atoms with E-state index in [9.17, 15) is 14.7 Å². The molecule has 0 aliphatic heterocycles. The number of rotatable bonds is 15. The first-order valence-electron chi connectivity index (χ1n) is 14.8. The van der Waals surface area contributed by atoms with E-state index in [-0.39, 0.29) is 38.2 Å². The number of ether oxygens (including phenoxy) is 4. The van der Waals surface area contributed by atoms with Gasteiger partial charge >= 0.3 is 12.0 Å². The van der Waals surface area contributed by atoms with Crippen LogP contribution in [0.5, 0.6) is 11.5 Å². The fourth-order valence-electron chi connectivity index (χ4n) is 5.54. The van der Waals surface area contributed by atoms with Crippen LogP contribution in [0, 0.1) is 0 Å². The average Bonchev–Trinajstić information content (AvgIpc) is 3.79. The molecule has 2 aliphatic rings. The Bertz CT molecular complexity index is 1230. The molecule has 0 radical (unpaired) electrons. The summed E-state index contributed by atoms with van der Waals surface area (Å²) in [4.78, 5) is 27.7. The zero-order chi connectivity index (χ0) is 30.4. The van der Waals surface area contributed by atoms with E-state index in [1.54, 1.807) is 4.90 Å². The Morgan fingerprint density at radius 3 is 2.36 bits per heavy atom. The molecule has 1 unspecified atom stereocenters. The SMILES string of the molecule is CCOc1cc(C(C)N(CCO[C@@H](C)c2ccccc2)C(=O)NC2(C(=O)O)CC(OC)C2)c(Cl)c(OCC)c1C1CC1. The van der Waals surface area contributed by atoms with Gasteiger partial charge in [0.1, 0.15) is 17.0 Å². The Kier molecular flexibility index (Phi) is 10.6. The third-order valence-corrected chi connectivity index (χ3v) is 8.60. The van der Waals surface area contributed by atoms with Gasteiger partial charge in [-0.1, -0.05) is 41.9 Å². The molecule has 42 heavy (non-hydrogen) atoms. The van der Waals surface area contributed by atoms with Gasteiger partial charge < -0.3 is 34.3 Å². The van der Waals surface area contributed by atoms with Crippen molar-refractivity contribution in [2.24, 2.45) is 0 Å². The van der Waals surface area contributed by atoms with Crippen molar-refractivity contribution in [1.29, 1.82) is 0 Å². The minimum absolute atomic E-state index is 0.189. The van der Waals surface area contributed by atoms with Crippen LogP contribution in [0.2, 0.25) is 5.02 Å². The van der Waals surface area contributed by atoms with Crippen molar-refractivity contribution in [3.63, 3.8) is 0 Å². The molecule has 2 saturated carbocycles. The molecule has 10 heteroatoms. The summed E-state index contributed by atoms with van der Waals surface area (Å²) in [5, 5.41) is 13.2. The summed E-state index contributed by atoms with van der Waals surface area (Å²) in [5.41, 5.74) is 1.25. The summed E-state index contributed by atoms with van der Waals surface area (Å²) >= 11 is 7.02. The maximum Gasteiger partial charge on any atom is 0.329 e. The fourth-order valence-corrected chi connectivity index (χ4v) is 5.91. The molecule has 9 nitrogen and oxygen atoms in total. The molecule has 2 amide bonds. The highest BCUT2D eigenvalue weighted by molar-refractivity contribution is 6.33. The molecule has 4 rings (SSSR count). The highest BCUT2D eigenvalue weighted by Crippen LogP contribution is 2.53. The van der Waals surface area contributed by atoms with Crippen LogP contribution < -0.4 is 14.8 Å². The second-order valence-corrected chi connectivity index (χ2v) is 11.4.